The van der Waals surface area contributed by atoms with Crippen LogP contribution >= 0.6 is 0 Å². The van der Waals surface area contributed by atoms with Crippen molar-refractivity contribution < 1.29 is 17.9 Å². The van der Waals surface area contributed by atoms with Gasteiger partial charge in [0.05, 0.1) is 4.90 Å². The van der Waals surface area contributed by atoms with E-state index < -0.39 is 10.0 Å². The molecule has 0 radical (unpaired) electrons. The predicted octanol–water partition coefficient (Wildman–Crippen LogP) is 5.60. The molecule has 4 rings (SSSR count). The molecule has 0 bridgehead atoms. The van der Waals surface area contributed by atoms with Crippen LogP contribution in [-0.2, 0) is 21.4 Å². The van der Waals surface area contributed by atoms with E-state index in [2.05, 4.69) is 17.0 Å². The topological polar surface area (TPSA) is 70.2 Å². The van der Waals surface area contributed by atoms with Gasteiger partial charge in [0, 0.05) is 39.3 Å². The van der Waals surface area contributed by atoms with Crippen molar-refractivity contribution in [2.24, 2.45) is 0 Å². The number of sulfonamides is 1. The molecule has 0 N–H and O–H groups in total. The predicted molar refractivity (Wildman–Crippen MR) is 159 cm³/mol. The first kappa shape index (κ1) is 29.8. The fourth-order valence-electron chi connectivity index (χ4n) is 5.40. The molecule has 1 fully saturated rings. The molecule has 1 saturated heterocycles. The molecule has 1 aliphatic rings. The summed E-state index contributed by atoms with van der Waals surface area (Å²) in [5.74, 6) is 0.0718. The summed E-state index contributed by atoms with van der Waals surface area (Å²) in [6.07, 6.45) is 2.38. The molecule has 0 spiro atoms. The Labute approximate surface area is 239 Å². The number of hydrogen-bond acceptors (Lipinski definition) is 5. The second-order valence-electron chi connectivity index (χ2n) is 10.4. The molecule has 0 unspecified atom stereocenters. The van der Waals surface area contributed by atoms with Crippen LogP contribution in [0.2, 0.25) is 0 Å². The maximum absolute atomic E-state index is 13.2. The van der Waals surface area contributed by atoms with Crippen molar-refractivity contribution in [1.82, 2.24) is 14.1 Å². The van der Waals surface area contributed by atoms with Crippen LogP contribution in [0.15, 0.2) is 95.9 Å². The summed E-state index contributed by atoms with van der Waals surface area (Å²) in [4.78, 5) is 17.4. The number of benzene rings is 3. The Balaban J connectivity index is 1.31. The Hall–Kier alpha value is -3.20. The zero-order valence-corrected chi connectivity index (χ0v) is 24.4. The first-order valence-corrected chi connectivity index (χ1v) is 15.6. The zero-order valence-electron chi connectivity index (χ0n) is 23.6. The lowest BCUT2D eigenvalue weighted by molar-refractivity contribution is 0.0626. The molecule has 8 heteroatoms. The van der Waals surface area contributed by atoms with Gasteiger partial charge in [0.1, 0.15) is 6.61 Å². The van der Waals surface area contributed by atoms with Crippen molar-refractivity contribution in [3.63, 3.8) is 0 Å². The van der Waals surface area contributed by atoms with E-state index in [1.54, 1.807) is 31.3 Å². The SMILES string of the molecule is CCN(C(=O)OCc1ccccc1)C1CCN(CC[C@H](CN(C)S(=O)(=O)c2ccccc2)c2ccccc2)CC1. The van der Waals surface area contributed by atoms with E-state index in [1.807, 2.05) is 66.4 Å². The van der Waals surface area contributed by atoms with Crippen molar-refractivity contribution in [3.8, 4) is 0 Å². The van der Waals surface area contributed by atoms with E-state index in [4.69, 9.17) is 4.74 Å². The van der Waals surface area contributed by atoms with E-state index in [-0.39, 0.29) is 24.7 Å². The van der Waals surface area contributed by atoms with Gasteiger partial charge >= 0.3 is 6.09 Å². The fraction of sp³-hybridized carbons (Fsp3) is 0.406. The van der Waals surface area contributed by atoms with Crippen molar-refractivity contribution in [1.29, 1.82) is 0 Å². The van der Waals surface area contributed by atoms with Crippen molar-refractivity contribution in [2.75, 3.05) is 39.8 Å². The smallest absolute Gasteiger partial charge is 0.410 e. The van der Waals surface area contributed by atoms with E-state index in [0.29, 0.717) is 18.0 Å². The second-order valence-corrected chi connectivity index (χ2v) is 12.4. The minimum atomic E-state index is -3.57. The summed E-state index contributed by atoms with van der Waals surface area (Å²) in [5.41, 5.74) is 2.13. The third-order valence-electron chi connectivity index (χ3n) is 7.77. The van der Waals surface area contributed by atoms with E-state index in [0.717, 1.165) is 50.0 Å². The molecule has 214 valence electrons. The van der Waals surface area contributed by atoms with Crippen molar-refractivity contribution >= 4 is 16.1 Å². The third kappa shape index (κ3) is 7.93. The van der Waals surface area contributed by atoms with Gasteiger partial charge in [0.15, 0.2) is 0 Å². The van der Waals surface area contributed by atoms with Crippen LogP contribution in [-0.4, -0.2) is 74.4 Å². The number of piperidine rings is 1. The number of likely N-dealkylation sites (N-methyl/N-ethyl adjacent to an activating group) is 1. The molecule has 3 aromatic rings. The number of hydrogen-bond donors (Lipinski definition) is 0. The summed E-state index contributed by atoms with van der Waals surface area (Å²) in [6, 6.07) is 28.7. The highest BCUT2D eigenvalue weighted by Gasteiger charge is 2.29. The first-order chi connectivity index (χ1) is 19.4. The van der Waals surface area contributed by atoms with Gasteiger partial charge in [-0.05, 0) is 61.9 Å². The maximum atomic E-state index is 13.2. The van der Waals surface area contributed by atoms with E-state index in [1.165, 1.54) is 4.31 Å². The number of rotatable bonds is 12. The Morgan fingerprint density at radius 2 is 1.50 bits per heavy atom. The van der Waals surface area contributed by atoms with Crippen LogP contribution in [0.4, 0.5) is 4.79 Å². The Morgan fingerprint density at radius 3 is 2.10 bits per heavy atom. The minimum Gasteiger partial charge on any atom is -0.445 e. The summed E-state index contributed by atoms with van der Waals surface area (Å²) in [6.45, 7) is 5.98. The van der Waals surface area contributed by atoms with Crippen LogP contribution in [0.5, 0.6) is 0 Å². The Morgan fingerprint density at radius 1 is 0.925 bits per heavy atom. The van der Waals surface area contributed by atoms with Crippen LogP contribution < -0.4 is 0 Å². The van der Waals surface area contributed by atoms with Gasteiger partial charge < -0.3 is 14.5 Å². The molecule has 1 aliphatic heterocycles. The highest BCUT2D eigenvalue weighted by molar-refractivity contribution is 7.89. The third-order valence-corrected chi connectivity index (χ3v) is 9.61. The van der Waals surface area contributed by atoms with Gasteiger partial charge in [0.2, 0.25) is 10.0 Å². The molecule has 0 aromatic heterocycles. The van der Waals surface area contributed by atoms with E-state index >= 15 is 0 Å². The number of amides is 1. The molecule has 1 atom stereocenters. The highest BCUT2D eigenvalue weighted by Crippen LogP contribution is 2.26. The first-order valence-electron chi connectivity index (χ1n) is 14.1. The summed E-state index contributed by atoms with van der Waals surface area (Å²) < 4.78 is 33.5. The van der Waals surface area contributed by atoms with E-state index in [9.17, 15) is 13.2 Å². The molecular formula is C32H41N3O4S. The zero-order chi connectivity index (χ0) is 28.4. The van der Waals surface area contributed by atoms with Gasteiger partial charge in [-0.3, -0.25) is 0 Å². The number of carbonyl (C=O) groups excluding carboxylic acids is 1. The maximum Gasteiger partial charge on any atom is 0.410 e. The molecule has 1 heterocycles. The highest BCUT2D eigenvalue weighted by atomic mass is 32.2. The number of nitrogens with zero attached hydrogens (tertiary/aromatic N) is 3. The largest absolute Gasteiger partial charge is 0.445 e. The van der Waals surface area contributed by atoms with Crippen molar-refractivity contribution in [3.05, 3.63) is 102 Å². The fourth-order valence-corrected chi connectivity index (χ4v) is 6.64. The molecule has 0 aliphatic carbocycles. The van der Waals surface area contributed by atoms with Gasteiger partial charge in [-0.2, -0.15) is 0 Å². The number of likely N-dealkylation sites (tertiary alicyclic amines) is 1. The van der Waals surface area contributed by atoms with Crippen LogP contribution in [0.25, 0.3) is 0 Å². The molecule has 0 saturated carbocycles. The minimum absolute atomic E-state index is 0.0718. The standard InChI is InChI=1S/C32H41N3O4S/c1-3-35(32(36)39-26-27-13-7-4-8-14-27)30-20-23-34(24-21-30)22-19-29(28-15-9-5-10-16-28)25-33(2)40(37,38)31-17-11-6-12-18-31/h4-18,29-30H,3,19-26H2,1-2H3/t29-/m1/s1. The van der Waals surface area contributed by atoms with Crippen LogP contribution in [0.3, 0.4) is 0 Å². The average Bonchev–Trinajstić information content (AvgIpc) is 3.00. The lowest BCUT2D eigenvalue weighted by atomic mass is 9.94. The van der Waals surface area contributed by atoms with Gasteiger partial charge in [-0.1, -0.05) is 78.9 Å². The van der Waals surface area contributed by atoms with Crippen molar-refractivity contribution in [2.45, 2.75) is 49.6 Å². The summed E-state index contributed by atoms with van der Waals surface area (Å²) >= 11 is 0. The molecule has 40 heavy (non-hydrogen) atoms. The molecule has 1 amide bonds. The molecule has 7 nitrogen and oxygen atoms in total. The number of ether oxygens (including phenoxy) is 1. The molecule has 3 aromatic carbocycles. The van der Waals surface area contributed by atoms with Gasteiger partial charge in [-0.15, -0.1) is 0 Å². The van der Waals surface area contributed by atoms with Crippen LogP contribution in [0, 0.1) is 0 Å². The van der Waals surface area contributed by atoms with Gasteiger partial charge in [-0.25, -0.2) is 17.5 Å². The quantitative estimate of drug-likeness (QED) is 0.287. The monoisotopic (exact) mass is 563 g/mol. The average molecular weight is 564 g/mol. The summed E-state index contributed by atoms with van der Waals surface area (Å²) in [5, 5.41) is 0. The van der Waals surface area contributed by atoms with Gasteiger partial charge in [0.25, 0.3) is 0 Å². The lowest BCUT2D eigenvalue weighted by Crippen LogP contribution is -2.47. The summed E-state index contributed by atoms with van der Waals surface area (Å²) in [7, 11) is -1.90. The second kappa shape index (κ2) is 14.4. The van der Waals surface area contributed by atoms with Crippen LogP contribution in [0.1, 0.15) is 43.2 Å². The normalized spacial score (nSPS) is 15.6. The number of carbonyl (C=O) groups is 1. The lowest BCUT2D eigenvalue weighted by Gasteiger charge is -2.38. The molecular weight excluding hydrogens is 522 g/mol. The Bertz CT molecular complexity index is 1280. The Kier molecular flexibility index (Phi) is 10.7.